The highest BCUT2D eigenvalue weighted by molar-refractivity contribution is 7.20. The van der Waals surface area contributed by atoms with Crippen LogP contribution in [0.3, 0.4) is 0 Å². The van der Waals surface area contributed by atoms with Gasteiger partial charge in [0, 0.05) is 17.3 Å². The Kier molecular flexibility index (Phi) is 6.85. The third-order valence-electron chi connectivity index (χ3n) is 4.64. The Hall–Kier alpha value is -1.92. The molecule has 146 valence electrons. The molecule has 0 aliphatic heterocycles. The fourth-order valence-corrected chi connectivity index (χ4v) is 4.01. The fourth-order valence-electron chi connectivity index (χ4n) is 3.04. The highest BCUT2D eigenvalue weighted by Crippen LogP contribution is 2.25. The summed E-state index contributed by atoms with van der Waals surface area (Å²) in [6, 6.07) is 10.0. The molecule has 1 fully saturated rings. The molecule has 0 radical (unpaired) electrons. The molecule has 0 spiro atoms. The summed E-state index contributed by atoms with van der Waals surface area (Å²) in [5.41, 5.74) is 0. The molecule has 5 nitrogen and oxygen atoms in total. The summed E-state index contributed by atoms with van der Waals surface area (Å²) in [6.45, 7) is 5.68. The van der Waals surface area contributed by atoms with Crippen LogP contribution in [0.2, 0.25) is 0 Å². The van der Waals surface area contributed by atoms with E-state index >= 15 is 0 Å². The Morgan fingerprint density at radius 3 is 2.67 bits per heavy atom. The Bertz CT molecular complexity index is 750. The van der Waals surface area contributed by atoms with Crippen molar-refractivity contribution in [3.8, 4) is 0 Å². The molecule has 1 unspecified atom stereocenters. The molecule has 1 aromatic heterocycles. The predicted molar refractivity (Wildman–Crippen MR) is 111 cm³/mol. The number of carbonyl (C=O) groups excluding carboxylic acids is 2. The average Bonchev–Trinajstić information content (AvgIpc) is 3.35. The maximum absolute atomic E-state index is 12.7. The second-order valence-electron chi connectivity index (χ2n) is 7.68. The molecule has 0 bridgehead atoms. The maximum Gasteiger partial charge on any atom is 0.262 e. The van der Waals surface area contributed by atoms with Crippen molar-refractivity contribution in [3.63, 3.8) is 0 Å². The number of rotatable bonds is 10. The van der Waals surface area contributed by atoms with Gasteiger partial charge >= 0.3 is 0 Å². The summed E-state index contributed by atoms with van der Waals surface area (Å²) in [6.07, 6.45) is 4.07. The number of benzene rings is 1. The van der Waals surface area contributed by atoms with E-state index in [0.717, 1.165) is 23.1 Å². The van der Waals surface area contributed by atoms with E-state index in [9.17, 15) is 9.59 Å². The van der Waals surface area contributed by atoms with Gasteiger partial charge in [-0.25, -0.2) is 0 Å². The Morgan fingerprint density at radius 1 is 1.19 bits per heavy atom. The maximum atomic E-state index is 12.7. The molecule has 1 heterocycles. The number of amides is 2. The fraction of sp³-hybridized carbons (Fsp3) is 0.524. The first kappa shape index (κ1) is 19.8. The average molecular weight is 388 g/mol. The van der Waals surface area contributed by atoms with Gasteiger partial charge in [0.15, 0.2) is 0 Å². The summed E-state index contributed by atoms with van der Waals surface area (Å²) in [5, 5.41) is 10.4. The quantitative estimate of drug-likeness (QED) is 0.548. The minimum Gasteiger partial charge on any atom is -0.354 e. The molecular weight excluding hydrogens is 358 g/mol. The lowest BCUT2D eigenvalue weighted by atomic mass is 10.0. The molecule has 1 aliphatic carbocycles. The van der Waals surface area contributed by atoms with E-state index in [1.807, 2.05) is 30.3 Å². The summed E-state index contributed by atoms with van der Waals surface area (Å²) >= 11 is 1.46. The third kappa shape index (κ3) is 6.04. The molecule has 1 saturated carbocycles. The van der Waals surface area contributed by atoms with E-state index in [1.54, 1.807) is 0 Å². The van der Waals surface area contributed by atoms with Crippen molar-refractivity contribution in [2.75, 3.05) is 13.1 Å². The topological polar surface area (TPSA) is 70.2 Å². The first-order chi connectivity index (χ1) is 13.0. The number of fused-ring (bicyclic) bond motifs is 1. The number of thiophene rings is 1. The first-order valence-electron chi connectivity index (χ1n) is 9.83. The molecule has 3 N–H and O–H groups in total. The minimum atomic E-state index is -0.501. The Morgan fingerprint density at radius 2 is 1.96 bits per heavy atom. The van der Waals surface area contributed by atoms with E-state index < -0.39 is 6.04 Å². The zero-order valence-electron chi connectivity index (χ0n) is 16.1. The van der Waals surface area contributed by atoms with Gasteiger partial charge < -0.3 is 16.0 Å². The molecule has 6 heteroatoms. The zero-order chi connectivity index (χ0) is 19.2. The van der Waals surface area contributed by atoms with Gasteiger partial charge in [-0.2, -0.15) is 0 Å². The van der Waals surface area contributed by atoms with Crippen LogP contribution < -0.4 is 16.0 Å². The number of hydrogen-bond donors (Lipinski definition) is 3. The van der Waals surface area contributed by atoms with Crippen LogP contribution in [0.5, 0.6) is 0 Å². The van der Waals surface area contributed by atoms with Crippen LogP contribution in [0.1, 0.15) is 49.2 Å². The monoisotopic (exact) mass is 387 g/mol. The van der Waals surface area contributed by atoms with Crippen LogP contribution in [-0.2, 0) is 4.79 Å². The highest BCUT2D eigenvalue weighted by atomic mass is 32.1. The Balaban J connectivity index is 1.54. The van der Waals surface area contributed by atoms with Crippen LogP contribution in [0, 0.1) is 5.92 Å². The van der Waals surface area contributed by atoms with Gasteiger partial charge in [0.2, 0.25) is 5.91 Å². The smallest absolute Gasteiger partial charge is 0.262 e. The van der Waals surface area contributed by atoms with Gasteiger partial charge in [-0.3, -0.25) is 9.59 Å². The van der Waals surface area contributed by atoms with E-state index in [0.29, 0.717) is 29.8 Å². The normalized spacial score (nSPS) is 15.1. The Labute approximate surface area is 164 Å². The molecule has 0 saturated heterocycles. The molecule has 2 aromatic rings. The minimum absolute atomic E-state index is 0.0930. The van der Waals surface area contributed by atoms with Crippen LogP contribution in [0.25, 0.3) is 10.1 Å². The SMILES string of the molecule is CC(C)CC(NC(=O)c1cc2ccccc2s1)C(=O)NCCCNC1CC1. The van der Waals surface area contributed by atoms with Crippen molar-refractivity contribution >= 4 is 33.2 Å². The van der Waals surface area contributed by atoms with E-state index in [2.05, 4.69) is 29.8 Å². The number of nitrogens with one attached hydrogen (secondary N) is 3. The lowest BCUT2D eigenvalue weighted by molar-refractivity contribution is -0.123. The molecule has 1 aromatic carbocycles. The summed E-state index contributed by atoms with van der Waals surface area (Å²) in [7, 11) is 0. The van der Waals surface area contributed by atoms with Gasteiger partial charge in [-0.05, 0) is 55.7 Å². The van der Waals surface area contributed by atoms with Crippen molar-refractivity contribution in [1.82, 2.24) is 16.0 Å². The molecule has 1 atom stereocenters. The van der Waals surface area contributed by atoms with Crippen molar-refractivity contribution in [3.05, 3.63) is 35.2 Å². The lowest BCUT2D eigenvalue weighted by Crippen LogP contribution is -2.47. The van der Waals surface area contributed by atoms with Gasteiger partial charge in [0.1, 0.15) is 6.04 Å². The molecule has 27 heavy (non-hydrogen) atoms. The van der Waals surface area contributed by atoms with Crippen molar-refractivity contribution < 1.29 is 9.59 Å². The summed E-state index contributed by atoms with van der Waals surface area (Å²) in [5.74, 6) is 0.0528. The van der Waals surface area contributed by atoms with Crippen LogP contribution in [0.4, 0.5) is 0 Å². The molecular formula is C21H29N3O2S. The van der Waals surface area contributed by atoms with Crippen LogP contribution >= 0.6 is 11.3 Å². The van der Waals surface area contributed by atoms with Gasteiger partial charge in [-0.15, -0.1) is 11.3 Å². The van der Waals surface area contributed by atoms with Gasteiger partial charge in [-0.1, -0.05) is 32.0 Å². The third-order valence-corrected chi connectivity index (χ3v) is 5.76. The molecule has 1 aliphatic rings. The predicted octanol–water partition coefficient (Wildman–Crippen LogP) is 3.30. The van der Waals surface area contributed by atoms with E-state index in [-0.39, 0.29) is 11.8 Å². The first-order valence-corrected chi connectivity index (χ1v) is 10.6. The largest absolute Gasteiger partial charge is 0.354 e. The van der Waals surface area contributed by atoms with Gasteiger partial charge in [0.25, 0.3) is 5.91 Å². The zero-order valence-corrected chi connectivity index (χ0v) is 16.9. The van der Waals surface area contributed by atoms with Gasteiger partial charge in [0.05, 0.1) is 4.88 Å². The van der Waals surface area contributed by atoms with Crippen LogP contribution in [0.15, 0.2) is 30.3 Å². The van der Waals surface area contributed by atoms with Crippen molar-refractivity contribution in [2.45, 2.75) is 51.6 Å². The number of hydrogen-bond acceptors (Lipinski definition) is 4. The number of carbonyl (C=O) groups is 2. The second kappa shape index (κ2) is 9.33. The highest BCUT2D eigenvalue weighted by Gasteiger charge is 2.23. The second-order valence-corrected chi connectivity index (χ2v) is 8.76. The molecule has 2 amide bonds. The standard InChI is InChI=1S/C21H29N3O2S/c1-14(2)12-17(20(25)23-11-5-10-22-16-8-9-16)24-21(26)19-13-15-6-3-4-7-18(15)27-19/h3-4,6-7,13-14,16-17,22H,5,8-12H2,1-2H3,(H,23,25)(H,24,26). The molecule has 3 rings (SSSR count). The van der Waals surface area contributed by atoms with E-state index in [4.69, 9.17) is 0 Å². The van der Waals surface area contributed by atoms with Crippen molar-refractivity contribution in [1.29, 1.82) is 0 Å². The summed E-state index contributed by atoms with van der Waals surface area (Å²) < 4.78 is 1.08. The summed E-state index contributed by atoms with van der Waals surface area (Å²) in [4.78, 5) is 25.9. The lowest BCUT2D eigenvalue weighted by Gasteiger charge is -2.20. The van der Waals surface area contributed by atoms with Crippen LogP contribution in [-0.4, -0.2) is 37.0 Å². The van der Waals surface area contributed by atoms with Crippen molar-refractivity contribution in [2.24, 2.45) is 5.92 Å². The van der Waals surface area contributed by atoms with E-state index in [1.165, 1.54) is 24.2 Å².